The lowest BCUT2D eigenvalue weighted by molar-refractivity contribution is -0.633. The first kappa shape index (κ1) is 13.4. The number of fused-ring (bicyclic) bond motifs is 1. The summed E-state index contributed by atoms with van der Waals surface area (Å²) in [6.07, 6.45) is 0. The molecule has 3 heteroatoms. The number of hydrogen-bond acceptors (Lipinski definition) is 1. The Morgan fingerprint density at radius 2 is 1.70 bits per heavy atom. The highest BCUT2D eigenvalue weighted by Gasteiger charge is 2.16. The van der Waals surface area contributed by atoms with E-state index in [2.05, 4.69) is 76.7 Å². The Morgan fingerprint density at radius 1 is 0.950 bits per heavy atom. The molecule has 0 fully saturated rings. The Bertz CT molecular complexity index is 755. The molecular weight excluding hydrogens is 361 g/mol. The molecule has 20 heavy (non-hydrogen) atoms. The maximum Gasteiger partial charge on any atom is 0.216 e. The number of benzene rings is 2. The normalized spacial score (nSPS) is 10.7. The van der Waals surface area contributed by atoms with Crippen LogP contribution in [0.2, 0.25) is 0 Å². The molecule has 2 aromatic carbocycles. The molecule has 0 radical (unpaired) electrons. The number of nitrogens with zero attached hydrogens (tertiary/aromatic N) is 1. The molecular formula is C17H15INO+. The molecule has 0 aliphatic heterocycles. The third-order valence-electron chi connectivity index (χ3n) is 3.45. The van der Waals surface area contributed by atoms with E-state index in [-0.39, 0.29) is 0 Å². The minimum absolute atomic E-state index is 0.645. The highest BCUT2D eigenvalue weighted by atomic mass is 127. The molecule has 0 aliphatic carbocycles. The average molecular weight is 376 g/mol. The lowest BCUT2D eigenvalue weighted by Crippen LogP contribution is -2.32. The van der Waals surface area contributed by atoms with E-state index in [0.29, 0.717) is 4.61 Å². The Kier molecular flexibility index (Phi) is 3.87. The second-order valence-electron chi connectivity index (χ2n) is 4.59. The van der Waals surface area contributed by atoms with Gasteiger partial charge in [0.2, 0.25) is 11.2 Å². The van der Waals surface area contributed by atoms with Crippen molar-refractivity contribution in [2.24, 2.45) is 7.05 Å². The van der Waals surface area contributed by atoms with Gasteiger partial charge in [0.05, 0.1) is 5.56 Å². The van der Waals surface area contributed by atoms with E-state index in [1.807, 2.05) is 18.2 Å². The van der Waals surface area contributed by atoms with Gasteiger partial charge in [-0.05, 0) is 46.9 Å². The monoisotopic (exact) mass is 376 g/mol. The van der Waals surface area contributed by atoms with Crippen LogP contribution in [0.4, 0.5) is 0 Å². The van der Waals surface area contributed by atoms with Gasteiger partial charge in [-0.25, -0.2) is 0 Å². The zero-order valence-corrected chi connectivity index (χ0v) is 13.4. The second-order valence-corrected chi connectivity index (χ2v) is 5.21. The van der Waals surface area contributed by atoms with Gasteiger partial charge >= 0.3 is 0 Å². The number of rotatable bonds is 3. The predicted octanol–water partition coefficient (Wildman–Crippen LogP) is 4.10. The SMILES string of the molecule is C[n+]1c(-c2ccccc2OCI)ccc2ccccc21. The summed E-state index contributed by atoms with van der Waals surface area (Å²) >= 11 is 2.22. The molecule has 3 rings (SSSR count). The summed E-state index contributed by atoms with van der Waals surface area (Å²) in [4.78, 5) is 0. The molecule has 0 saturated heterocycles. The molecule has 0 unspecified atom stereocenters. The van der Waals surface area contributed by atoms with Crippen LogP contribution in [0.3, 0.4) is 0 Å². The third-order valence-corrected chi connectivity index (χ3v) is 3.76. The van der Waals surface area contributed by atoms with Crippen LogP contribution >= 0.6 is 22.6 Å². The van der Waals surface area contributed by atoms with Crippen LogP contribution < -0.4 is 9.30 Å². The van der Waals surface area contributed by atoms with Crippen molar-refractivity contribution in [3.05, 3.63) is 60.7 Å². The van der Waals surface area contributed by atoms with Crippen molar-refractivity contribution in [1.29, 1.82) is 0 Å². The van der Waals surface area contributed by atoms with E-state index in [9.17, 15) is 0 Å². The maximum atomic E-state index is 5.73. The van der Waals surface area contributed by atoms with Crippen molar-refractivity contribution in [1.82, 2.24) is 0 Å². The summed E-state index contributed by atoms with van der Waals surface area (Å²) < 4.78 is 8.59. The zero-order valence-electron chi connectivity index (χ0n) is 11.2. The first-order valence-corrected chi connectivity index (χ1v) is 8.00. The number of hydrogen-bond donors (Lipinski definition) is 0. The van der Waals surface area contributed by atoms with E-state index < -0.39 is 0 Å². The van der Waals surface area contributed by atoms with Crippen molar-refractivity contribution < 1.29 is 9.30 Å². The fraction of sp³-hybridized carbons (Fsp3) is 0.118. The minimum atomic E-state index is 0.645. The summed E-state index contributed by atoms with van der Waals surface area (Å²) in [6.45, 7) is 0. The van der Waals surface area contributed by atoms with E-state index in [1.54, 1.807) is 0 Å². The van der Waals surface area contributed by atoms with Crippen LogP contribution in [0.15, 0.2) is 60.7 Å². The molecule has 3 aromatic rings. The number of pyridine rings is 1. The van der Waals surface area contributed by atoms with Crippen molar-refractivity contribution in [2.75, 3.05) is 4.61 Å². The van der Waals surface area contributed by atoms with Gasteiger partial charge in [-0.1, -0.05) is 24.3 Å². The van der Waals surface area contributed by atoms with E-state index in [1.165, 1.54) is 10.9 Å². The number of halogens is 1. The largest absolute Gasteiger partial charge is 0.482 e. The van der Waals surface area contributed by atoms with Crippen molar-refractivity contribution in [3.8, 4) is 17.0 Å². The van der Waals surface area contributed by atoms with Crippen LogP contribution in [-0.4, -0.2) is 4.61 Å². The smallest absolute Gasteiger partial charge is 0.216 e. The maximum absolute atomic E-state index is 5.73. The first-order valence-electron chi connectivity index (χ1n) is 6.47. The van der Waals surface area contributed by atoms with Crippen LogP contribution in [0.25, 0.3) is 22.2 Å². The molecule has 1 heterocycles. The Balaban J connectivity index is 2.22. The molecule has 0 atom stereocenters. The van der Waals surface area contributed by atoms with Gasteiger partial charge in [0.1, 0.15) is 17.4 Å². The van der Waals surface area contributed by atoms with Gasteiger partial charge < -0.3 is 4.74 Å². The number of ether oxygens (including phenoxy) is 1. The lowest BCUT2D eigenvalue weighted by Gasteiger charge is -2.09. The number of aromatic nitrogens is 1. The van der Waals surface area contributed by atoms with Gasteiger partial charge in [-0.2, -0.15) is 4.57 Å². The second kappa shape index (κ2) is 5.79. The number of para-hydroxylation sites is 2. The first-order chi connectivity index (χ1) is 9.81. The molecule has 0 N–H and O–H groups in total. The van der Waals surface area contributed by atoms with Gasteiger partial charge in [0, 0.05) is 17.5 Å². The molecule has 0 saturated carbocycles. The van der Waals surface area contributed by atoms with Crippen LogP contribution in [0.5, 0.6) is 5.75 Å². The van der Waals surface area contributed by atoms with Crippen LogP contribution in [0.1, 0.15) is 0 Å². The summed E-state index contributed by atoms with van der Waals surface area (Å²) in [5.41, 5.74) is 3.50. The van der Waals surface area contributed by atoms with E-state index in [4.69, 9.17) is 4.74 Å². The van der Waals surface area contributed by atoms with Crippen LogP contribution in [-0.2, 0) is 7.05 Å². The Morgan fingerprint density at radius 3 is 2.55 bits per heavy atom. The molecule has 2 nitrogen and oxygen atoms in total. The number of aryl methyl sites for hydroxylation is 1. The average Bonchev–Trinajstić information content (AvgIpc) is 2.49. The molecule has 0 aliphatic rings. The Labute approximate surface area is 132 Å². The topological polar surface area (TPSA) is 13.1 Å². The van der Waals surface area contributed by atoms with E-state index in [0.717, 1.165) is 17.0 Å². The highest BCUT2D eigenvalue weighted by Crippen LogP contribution is 2.28. The summed E-state index contributed by atoms with van der Waals surface area (Å²) in [5, 5.41) is 1.24. The Hall–Kier alpha value is -1.62. The van der Waals surface area contributed by atoms with Gasteiger partial charge in [-0.3, -0.25) is 0 Å². The third kappa shape index (κ3) is 2.38. The molecule has 100 valence electrons. The minimum Gasteiger partial charge on any atom is -0.482 e. The van der Waals surface area contributed by atoms with Crippen molar-refractivity contribution >= 4 is 33.5 Å². The quantitative estimate of drug-likeness (QED) is 0.381. The molecule has 1 aromatic heterocycles. The van der Waals surface area contributed by atoms with Crippen molar-refractivity contribution in [3.63, 3.8) is 0 Å². The molecule has 0 spiro atoms. The zero-order chi connectivity index (χ0) is 13.9. The van der Waals surface area contributed by atoms with Gasteiger partial charge in [0.25, 0.3) is 0 Å². The van der Waals surface area contributed by atoms with E-state index >= 15 is 0 Å². The summed E-state index contributed by atoms with van der Waals surface area (Å²) in [7, 11) is 2.10. The van der Waals surface area contributed by atoms with Gasteiger partial charge in [-0.15, -0.1) is 0 Å². The fourth-order valence-electron chi connectivity index (χ4n) is 2.48. The standard InChI is InChI=1S/C17H15INO/c1-19-15-8-4-2-6-13(15)10-11-16(19)14-7-3-5-9-17(14)20-12-18/h2-11H,12H2,1H3/q+1. The summed E-state index contributed by atoms with van der Waals surface area (Å²) in [6, 6.07) is 20.9. The molecule has 0 bridgehead atoms. The summed E-state index contributed by atoms with van der Waals surface area (Å²) in [5.74, 6) is 0.924. The predicted molar refractivity (Wildman–Crippen MR) is 90.1 cm³/mol. The van der Waals surface area contributed by atoms with Crippen LogP contribution in [0, 0.1) is 0 Å². The highest BCUT2D eigenvalue weighted by molar-refractivity contribution is 14.1. The molecule has 0 amide bonds. The van der Waals surface area contributed by atoms with Gasteiger partial charge in [0.15, 0.2) is 0 Å². The fourth-order valence-corrected chi connectivity index (χ4v) is 2.81. The lowest BCUT2D eigenvalue weighted by atomic mass is 10.1. The van der Waals surface area contributed by atoms with Crippen molar-refractivity contribution in [2.45, 2.75) is 0 Å². The number of alkyl halides is 1.